The maximum atomic E-state index is 11.7. The molecule has 0 aromatic carbocycles. The van der Waals surface area contributed by atoms with Crippen molar-refractivity contribution in [3.8, 4) is 0 Å². The molecule has 0 aromatic heterocycles. The maximum absolute atomic E-state index is 11.7. The lowest BCUT2D eigenvalue weighted by Gasteiger charge is -2.17. The molecular weight excluding hydrogens is 206 g/mol. The largest absolute Gasteiger partial charge is 0.347 e. The van der Waals surface area contributed by atoms with Crippen LogP contribution < -0.4 is 10.6 Å². The number of nitrogens with one attached hydrogen (secondary N) is 2. The van der Waals surface area contributed by atoms with Gasteiger partial charge in [0.05, 0.1) is 12.5 Å². The second kappa shape index (κ2) is 5.84. The van der Waals surface area contributed by atoms with Gasteiger partial charge in [0.25, 0.3) is 0 Å². The van der Waals surface area contributed by atoms with Crippen LogP contribution in [0.4, 0.5) is 0 Å². The standard InChI is InChI=1S/C11H21N3O2/c1-4-14(3)10(15)7-13-11(16)9-6-12-5-8(9)2/h8-9,12H,4-7H2,1-3H3,(H,13,16)/t8-,9-/m1/s1. The Bertz CT molecular complexity index is 268. The highest BCUT2D eigenvalue weighted by Crippen LogP contribution is 2.15. The summed E-state index contributed by atoms with van der Waals surface area (Å²) in [7, 11) is 1.73. The first-order valence-electron chi connectivity index (χ1n) is 5.78. The van der Waals surface area contributed by atoms with E-state index in [0.29, 0.717) is 19.0 Å². The van der Waals surface area contributed by atoms with Crippen molar-refractivity contribution in [3.05, 3.63) is 0 Å². The first-order valence-corrected chi connectivity index (χ1v) is 5.78. The van der Waals surface area contributed by atoms with Crippen LogP contribution in [0.5, 0.6) is 0 Å². The third-order valence-corrected chi connectivity index (χ3v) is 3.17. The Kier molecular flexibility index (Phi) is 4.73. The van der Waals surface area contributed by atoms with Crippen molar-refractivity contribution in [2.24, 2.45) is 11.8 Å². The van der Waals surface area contributed by atoms with Crippen LogP contribution >= 0.6 is 0 Å². The maximum Gasteiger partial charge on any atom is 0.241 e. The molecule has 1 rings (SSSR count). The molecule has 2 amide bonds. The van der Waals surface area contributed by atoms with E-state index in [9.17, 15) is 9.59 Å². The predicted octanol–water partition coefficient (Wildman–Crippen LogP) is -0.564. The lowest BCUT2D eigenvalue weighted by atomic mass is 9.97. The van der Waals surface area contributed by atoms with E-state index >= 15 is 0 Å². The molecule has 92 valence electrons. The zero-order chi connectivity index (χ0) is 12.1. The minimum absolute atomic E-state index is 0.000248. The Hall–Kier alpha value is -1.10. The molecule has 16 heavy (non-hydrogen) atoms. The number of hydrogen-bond acceptors (Lipinski definition) is 3. The molecule has 5 nitrogen and oxygen atoms in total. The molecule has 2 atom stereocenters. The number of amides is 2. The molecule has 1 aliphatic heterocycles. The van der Waals surface area contributed by atoms with Gasteiger partial charge in [0.2, 0.25) is 11.8 Å². The fraction of sp³-hybridized carbons (Fsp3) is 0.818. The van der Waals surface area contributed by atoms with Crippen molar-refractivity contribution < 1.29 is 9.59 Å². The summed E-state index contributed by atoms with van der Waals surface area (Å²) in [6.07, 6.45) is 0. The van der Waals surface area contributed by atoms with E-state index in [4.69, 9.17) is 0 Å². The highest BCUT2D eigenvalue weighted by atomic mass is 16.2. The van der Waals surface area contributed by atoms with Crippen molar-refractivity contribution in [1.82, 2.24) is 15.5 Å². The smallest absolute Gasteiger partial charge is 0.241 e. The minimum atomic E-state index is -0.0468. The average molecular weight is 227 g/mol. The Labute approximate surface area is 96.6 Å². The monoisotopic (exact) mass is 227 g/mol. The van der Waals surface area contributed by atoms with Gasteiger partial charge in [0.1, 0.15) is 0 Å². The van der Waals surface area contributed by atoms with Gasteiger partial charge in [-0.2, -0.15) is 0 Å². The van der Waals surface area contributed by atoms with Crippen LogP contribution in [0.1, 0.15) is 13.8 Å². The summed E-state index contributed by atoms with van der Waals surface area (Å²) in [5, 5.41) is 5.87. The molecule has 0 saturated carbocycles. The molecule has 0 aromatic rings. The van der Waals surface area contributed by atoms with Crippen LogP contribution in [0.2, 0.25) is 0 Å². The second-order valence-electron chi connectivity index (χ2n) is 4.37. The average Bonchev–Trinajstić information content (AvgIpc) is 2.70. The highest BCUT2D eigenvalue weighted by molar-refractivity contribution is 5.86. The van der Waals surface area contributed by atoms with Gasteiger partial charge in [0.15, 0.2) is 0 Å². The number of likely N-dealkylation sites (N-methyl/N-ethyl adjacent to an activating group) is 1. The molecule has 1 fully saturated rings. The topological polar surface area (TPSA) is 61.4 Å². The minimum Gasteiger partial charge on any atom is -0.347 e. The van der Waals surface area contributed by atoms with E-state index in [1.54, 1.807) is 11.9 Å². The van der Waals surface area contributed by atoms with Gasteiger partial charge >= 0.3 is 0 Å². The molecule has 2 N–H and O–H groups in total. The molecule has 1 aliphatic rings. The number of nitrogens with zero attached hydrogens (tertiary/aromatic N) is 1. The normalized spacial score (nSPS) is 24.2. The fourth-order valence-corrected chi connectivity index (χ4v) is 1.77. The van der Waals surface area contributed by atoms with Crippen molar-refractivity contribution in [1.29, 1.82) is 0 Å². The summed E-state index contributed by atoms with van der Waals surface area (Å²) in [6, 6.07) is 0. The van der Waals surface area contributed by atoms with Gasteiger partial charge in [-0.15, -0.1) is 0 Å². The summed E-state index contributed by atoms with van der Waals surface area (Å²) in [4.78, 5) is 24.8. The van der Waals surface area contributed by atoms with Gasteiger partial charge in [0, 0.05) is 20.1 Å². The van der Waals surface area contributed by atoms with Crippen LogP contribution in [0.25, 0.3) is 0 Å². The van der Waals surface area contributed by atoms with Gasteiger partial charge in [-0.05, 0) is 19.4 Å². The van der Waals surface area contributed by atoms with Crippen molar-refractivity contribution in [2.45, 2.75) is 13.8 Å². The fourth-order valence-electron chi connectivity index (χ4n) is 1.77. The van der Waals surface area contributed by atoms with Gasteiger partial charge in [-0.25, -0.2) is 0 Å². The molecule has 1 heterocycles. The quantitative estimate of drug-likeness (QED) is 0.676. The molecule has 5 heteroatoms. The van der Waals surface area contributed by atoms with Crippen LogP contribution in [0.3, 0.4) is 0 Å². The van der Waals surface area contributed by atoms with Crippen molar-refractivity contribution >= 4 is 11.8 Å². The zero-order valence-electron chi connectivity index (χ0n) is 10.2. The van der Waals surface area contributed by atoms with Crippen molar-refractivity contribution in [2.75, 3.05) is 33.2 Å². The molecule has 0 spiro atoms. The van der Waals surface area contributed by atoms with E-state index in [0.717, 1.165) is 6.54 Å². The van der Waals surface area contributed by atoms with E-state index < -0.39 is 0 Å². The summed E-state index contributed by atoms with van der Waals surface area (Å²) < 4.78 is 0. The summed E-state index contributed by atoms with van der Waals surface area (Å²) in [6.45, 7) is 6.31. The predicted molar refractivity (Wildman–Crippen MR) is 61.8 cm³/mol. The summed E-state index contributed by atoms with van der Waals surface area (Å²) in [5.74, 6) is 0.281. The lowest BCUT2D eigenvalue weighted by Crippen LogP contribution is -2.41. The molecular formula is C11H21N3O2. The number of rotatable bonds is 4. The van der Waals surface area contributed by atoms with E-state index in [1.165, 1.54) is 0 Å². The Morgan fingerprint density at radius 3 is 2.62 bits per heavy atom. The molecule has 0 aliphatic carbocycles. The van der Waals surface area contributed by atoms with E-state index in [-0.39, 0.29) is 24.3 Å². The highest BCUT2D eigenvalue weighted by Gasteiger charge is 2.29. The number of hydrogen-bond donors (Lipinski definition) is 2. The third kappa shape index (κ3) is 3.20. The Balaban J connectivity index is 2.32. The Morgan fingerprint density at radius 2 is 2.12 bits per heavy atom. The number of carbonyl (C=O) groups is 2. The van der Waals surface area contributed by atoms with Gasteiger partial charge in [-0.1, -0.05) is 6.92 Å². The van der Waals surface area contributed by atoms with Gasteiger partial charge < -0.3 is 15.5 Å². The molecule has 0 unspecified atom stereocenters. The second-order valence-corrected chi connectivity index (χ2v) is 4.37. The van der Waals surface area contributed by atoms with Gasteiger partial charge in [-0.3, -0.25) is 9.59 Å². The van der Waals surface area contributed by atoms with Crippen LogP contribution in [-0.4, -0.2) is 49.9 Å². The molecule has 0 bridgehead atoms. The Morgan fingerprint density at radius 1 is 1.44 bits per heavy atom. The summed E-state index contributed by atoms with van der Waals surface area (Å²) >= 11 is 0. The van der Waals surface area contributed by atoms with E-state index in [2.05, 4.69) is 10.6 Å². The first kappa shape index (κ1) is 13.0. The van der Waals surface area contributed by atoms with Crippen LogP contribution in [-0.2, 0) is 9.59 Å². The van der Waals surface area contributed by atoms with Crippen LogP contribution in [0.15, 0.2) is 0 Å². The molecule has 1 saturated heterocycles. The zero-order valence-corrected chi connectivity index (χ0v) is 10.2. The lowest BCUT2D eigenvalue weighted by molar-refractivity contribution is -0.133. The molecule has 0 radical (unpaired) electrons. The van der Waals surface area contributed by atoms with Crippen LogP contribution in [0, 0.1) is 11.8 Å². The summed E-state index contributed by atoms with van der Waals surface area (Å²) in [5.41, 5.74) is 0. The van der Waals surface area contributed by atoms with Crippen molar-refractivity contribution in [3.63, 3.8) is 0 Å². The number of carbonyl (C=O) groups excluding carboxylic acids is 2. The SMILES string of the molecule is CCN(C)C(=O)CNC(=O)[C@@H]1CNC[C@H]1C. The first-order chi connectivity index (χ1) is 7.56. The van der Waals surface area contributed by atoms with E-state index in [1.807, 2.05) is 13.8 Å². The third-order valence-electron chi connectivity index (χ3n) is 3.17.